The third kappa shape index (κ3) is 5.73. The molecule has 38 heavy (non-hydrogen) atoms. The zero-order valence-corrected chi connectivity index (χ0v) is 24.7. The van der Waals surface area contributed by atoms with Gasteiger partial charge in [-0.3, -0.25) is 19.2 Å². The van der Waals surface area contributed by atoms with Gasteiger partial charge < -0.3 is 18.1 Å². The van der Waals surface area contributed by atoms with Crippen LogP contribution < -0.4 is 0 Å². The first kappa shape index (κ1) is 30.4. The van der Waals surface area contributed by atoms with Gasteiger partial charge in [-0.15, -0.1) is 0 Å². The van der Waals surface area contributed by atoms with Crippen LogP contribution in [0, 0.1) is 0 Å². The third-order valence-corrected chi connectivity index (χ3v) is 11.5. The van der Waals surface area contributed by atoms with Gasteiger partial charge in [0.1, 0.15) is 0 Å². The largest absolute Gasteiger partial charge is 0.314 e. The number of fused-ring (bicyclic) bond motifs is 2. The molecule has 0 radical (unpaired) electrons. The van der Waals surface area contributed by atoms with E-state index in [2.05, 4.69) is 0 Å². The second-order valence-electron chi connectivity index (χ2n) is 7.54. The van der Waals surface area contributed by atoms with E-state index >= 15 is 0 Å². The summed E-state index contributed by atoms with van der Waals surface area (Å²) in [5, 5.41) is 0. The Balaban J connectivity index is 0.000000211. The van der Waals surface area contributed by atoms with Gasteiger partial charge in [-0.1, -0.05) is 24.3 Å². The molecule has 2 aliphatic rings. The van der Waals surface area contributed by atoms with Crippen molar-refractivity contribution in [2.75, 3.05) is 26.4 Å². The highest BCUT2D eigenvalue weighted by atomic mass is 32.5. The topological polar surface area (TPSA) is 112 Å². The molecule has 0 N–H and O–H groups in total. The van der Waals surface area contributed by atoms with Crippen molar-refractivity contribution in [1.82, 2.24) is 9.34 Å². The fourth-order valence-corrected chi connectivity index (χ4v) is 9.15. The first-order valence-electron chi connectivity index (χ1n) is 11.8. The number of rotatable bonds is 10. The molecule has 0 fully saturated rings. The molecular formula is C24H28N2O8P2S2. The molecule has 0 saturated carbocycles. The normalized spacial score (nSPS) is 14.9. The number of benzene rings is 2. The molecule has 0 spiro atoms. The predicted octanol–water partition coefficient (Wildman–Crippen LogP) is 5.16. The van der Waals surface area contributed by atoms with E-state index in [1.807, 2.05) is 0 Å². The minimum Gasteiger partial charge on any atom is -0.314 e. The van der Waals surface area contributed by atoms with E-state index < -0.39 is 36.9 Å². The Hall–Kier alpha value is -2.14. The molecule has 4 rings (SSSR count). The molecule has 14 heteroatoms. The van der Waals surface area contributed by atoms with E-state index in [-0.39, 0.29) is 26.4 Å². The number of hydrogen-bond donors (Lipinski definition) is 0. The van der Waals surface area contributed by atoms with E-state index in [1.54, 1.807) is 76.2 Å². The number of imide groups is 2. The van der Waals surface area contributed by atoms with E-state index in [4.69, 9.17) is 41.7 Å². The molecule has 0 aliphatic carbocycles. The Kier molecular flexibility index (Phi) is 10.2. The molecule has 204 valence electrons. The van der Waals surface area contributed by atoms with Gasteiger partial charge in [-0.25, -0.2) is 0 Å². The third-order valence-electron chi connectivity index (χ3n) is 5.20. The van der Waals surface area contributed by atoms with Crippen LogP contribution in [0.4, 0.5) is 0 Å². The maximum atomic E-state index is 12.3. The number of carbonyl (C=O) groups excluding carboxylic acids is 4. The standard InChI is InChI=1S/2C12H14NO4PS/c2*1-3-16-18(19,17-4-2)13-11(14)9-7-5-6-8-10(9)12(13)15/h2*5-8H,3-4H2,1-2H3. The van der Waals surface area contributed by atoms with Crippen molar-refractivity contribution in [1.29, 1.82) is 0 Å². The lowest BCUT2D eigenvalue weighted by molar-refractivity contribution is 0.0706. The van der Waals surface area contributed by atoms with Crippen LogP contribution in [0.3, 0.4) is 0 Å². The van der Waals surface area contributed by atoms with E-state index in [0.29, 0.717) is 22.3 Å². The summed E-state index contributed by atoms with van der Waals surface area (Å²) in [4.78, 5) is 49.2. The van der Waals surface area contributed by atoms with Crippen LogP contribution in [0.1, 0.15) is 69.1 Å². The Labute approximate surface area is 231 Å². The number of nitrogens with zero attached hydrogens (tertiary/aromatic N) is 2. The molecule has 0 atom stereocenters. The summed E-state index contributed by atoms with van der Waals surface area (Å²) in [7, 11) is 0. The Morgan fingerprint density at radius 1 is 0.526 bits per heavy atom. The minimum absolute atomic E-state index is 0.282. The Bertz CT molecular complexity index is 1160. The van der Waals surface area contributed by atoms with E-state index in [1.165, 1.54) is 0 Å². The molecule has 2 heterocycles. The summed E-state index contributed by atoms with van der Waals surface area (Å²) in [5.74, 6) is -1.76. The summed E-state index contributed by atoms with van der Waals surface area (Å²) in [6, 6.07) is 13.2. The van der Waals surface area contributed by atoms with Gasteiger partial charge in [0, 0.05) is 0 Å². The number of hydrogen-bond acceptors (Lipinski definition) is 10. The highest BCUT2D eigenvalue weighted by molar-refractivity contribution is 8.09. The molecule has 10 nitrogen and oxygen atoms in total. The predicted molar refractivity (Wildman–Crippen MR) is 149 cm³/mol. The van der Waals surface area contributed by atoms with Crippen molar-refractivity contribution in [3.05, 3.63) is 70.8 Å². The average molecular weight is 599 g/mol. The SMILES string of the molecule is CCOP(=S)(OCC)N1C(=O)c2ccccc2C1=O.CCOP(=S)(OCC)N1C(=O)c2ccccc2C1=O. The highest BCUT2D eigenvalue weighted by Crippen LogP contribution is 2.56. The van der Waals surface area contributed by atoms with Gasteiger partial charge >= 0.3 is 0 Å². The monoisotopic (exact) mass is 598 g/mol. The second-order valence-corrected chi connectivity index (χ2v) is 14.0. The molecule has 2 aliphatic heterocycles. The zero-order valence-electron chi connectivity index (χ0n) is 21.3. The van der Waals surface area contributed by atoms with Crippen LogP contribution in [0.5, 0.6) is 0 Å². The summed E-state index contributed by atoms with van der Waals surface area (Å²) < 4.78 is 23.6. The molecule has 4 amide bonds. The molecule has 0 bridgehead atoms. The fraction of sp³-hybridized carbons (Fsp3) is 0.333. The molecule has 2 aromatic rings. The van der Waals surface area contributed by atoms with Crippen molar-refractivity contribution < 1.29 is 37.3 Å². The molecule has 0 saturated heterocycles. The van der Waals surface area contributed by atoms with E-state index in [9.17, 15) is 19.2 Å². The number of carbonyl (C=O) groups is 4. The Morgan fingerprint density at radius 3 is 0.921 bits per heavy atom. The second kappa shape index (κ2) is 12.8. The lowest BCUT2D eigenvalue weighted by atomic mass is 10.1. The van der Waals surface area contributed by atoms with Crippen molar-refractivity contribution in [2.45, 2.75) is 27.7 Å². The lowest BCUT2D eigenvalue weighted by Gasteiger charge is -2.27. The average Bonchev–Trinajstić information content (AvgIpc) is 3.30. The lowest BCUT2D eigenvalue weighted by Crippen LogP contribution is -2.28. The quantitative estimate of drug-likeness (QED) is 0.269. The highest BCUT2D eigenvalue weighted by Gasteiger charge is 2.46. The molecule has 0 aromatic heterocycles. The molecule has 2 aromatic carbocycles. The van der Waals surface area contributed by atoms with Crippen LogP contribution in [-0.2, 0) is 41.7 Å². The van der Waals surface area contributed by atoms with Crippen molar-refractivity contribution in [3.63, 3.8) is 0 Å². The van der Waals surface area contributed by atoms with Crippen molar-refractivity contribution >= 4 is 60.5 Å². The minimum atomic E-state index is -3.09. The van der Waals surface area contributed by atoms with Crippen LogP contribution in [-0.4, -0.2) is 59.4 Å². The maximum Gasteiger partial charge on any atom is 0.299 e. The van der Waals surface area contributed by atoms with Crippen LogP contribution in [0.25, 0.3) is 0 Å². The van der Waals surface area contributed by atoms with Crippen molar-refractivity contribution in [3.8, 4) is 0 Å². The van der Waals surface area contributed by atoms with Gasteiger partial charge in [-0.2, -0.15) is 9.34 Å². The van der Waals surface area contributed by atoms with E-state index in [0.717, 1.165) is 9.34 Å². The first-order chi connectivity index (χ1) is 18.1. The molecular weight excluding hydrogens is 570 g/mol. The summed E-state index contributed by atoms with van der Waals surface area (Å²) in [6.45, 7) is 1.93. The van der Waals surface area contributed by atoms with Crippen molar-refractivity contribution in [2.24, 2.45) is 0 Å². The van der Waals surface area contributed by atoms with Gasteiger partial charge in [-0.05, 0) is 75.6 Å². The van der Waals surface area contributed by atoms with Crippen LogP contribution >= 0.6 is 13.3 Å². The van der Waals surface area contributed by atoms with Gasteiger partial charge in [0.2, 0.25) is 0 Å². The van der Waals surface area contributed by atoms with Gasteiger partial charge in [0.15, 0.2) is 0 Å². The summed E-state index contributed by atoms with van der Waals surface area (Å²) in [6.07, 6.45) is 0. The zero-order chi connectivity index (χ0) is 28.1. The van der Waals surface area contributed by atoms with Gasteiger partial charge in [0.05, 0.1) is 48.7 Å². The van der Waals surface area contributed by atoms with Gasteiger partial charge in [0.25, 0.3) is 36.9 Å². The van der Waals surface area contributed by atoms with Crippen LogP contribution in [0.15, 0.2) is 48.5 Å². The smallest absolute Gasteiger partial charge is 0.299 e. The Morgan fingerprint density at radius 2 is 0.737 bits per heavy atom. The first-order valence-corrected chi connectivity index (χ1v) is 17.0. The molecule has 0 unspecified atom stereocenters. The summed E-state index contributed by atoms with van der Waals surface area (Å²) >= 11 is 10.6. The number of amides is 4. The fourth-order valence-electron chi connectivity index (χ4n) is 3.76. The summed E-state index contributed by atoms with van der Waals surface area (Å²) in [5.41, 5.74) is 1.39. The van der Waals surface area contributed by atoms with Crippen LogP contribution in [0.2, 0.25) is 0 Å². The maximum absolute atomic E-state index is 12.3.